The number of carbonyl (C=O) groups excluding carboxylic acids is 3. The quantitative estimate of drug-likeness (QED) is 0.169. The SMILES string of the molecule is COc1cc(/C=C2\C(=O)NC(=O)N(c3ccc4c(c3)OCO4)C2=O)cc(I)c1OCc1cccc2ccccc12. The van der Waals surface area contributed by atoms with Crippen LogP contribution < -0.4 is 29.2 Å². The van der Waals surface area contributed by atoms with Gasteiger partial charge in [-0.1, -0.05) is 42.5 Å². The Hall–Kier alpha value is -4.58. The van der Waals surface area contributed by atoms with Gasteiger partial charge in [0, 0.05) is 6.07 Å². The van der Waals surface area contributed by atoms with Crippen molar-refractivity contribution in [1.82, 2.24) is 5.32 Å². The maximum Gasteiger partial charge on any atom is 0.335 e. The molecule has 2 heterocycles. The lowest BCUT2D eigenvalue weighted by Crippen LogP contribution is -2.54. The number of halogens is 1. The van der Waals surface area contributed by atoms with Crippen LogP contribution in [0.5, 0.6) is 23.0 Å². The number of hydrogen-bond donors (Lipinski definition) is 1. The molecule has 1 N–H and O–H groups in total. The molecule has 0 radical (unpaired) electrons. The summed E-state index contributed by atoms with van der Waals surface area (Å²) in [6.07, 6.45) is 1.42. The first-order valence-electron chi connectivity index (χ1n) is 12.2. The normalized spacial score (nSPS) is 15.5. The molecule has 0 spiro atoms. The summed E-state index contributed by atoms with van der Waals surface area (Å²) in [5, 5.41) is 4.45. The lowest BCUT2D eigenvalue weighted by molar-refractivity contribution is -0.122. The van der Waals surface area contributed by atoms with Crippen molar-refractivity contribution in [3.63, 3.8) is 0 Å². The number of methoxy groups -OCH3 is 1. The van der Waals surface area contributed by atoms with Gasteiger partial charge < -0.3 is 18.9 Å². The molecule has 4 aromatic carbocycles. The van der Waals surface area contributed by atoms with Crippen LogP contribution in [0.1, 0.15) is 11.1 Å². The summed E-state index contributed by atoms with van der Waals surface area (Å²) in [7, 11) is 1.52. The lowest BCUT2D eigenvalue weighted by Gasteiger charge is -2.26. The number of hydrogen-bond acceptors (Lipinski definition) is 7. The third-order valence-electron chi connectivity index (χ3n) is 6.53. The smallest absolute Gasteiger partial charge is 0.335 e. The highest BCUT2D eigenvalue weighted by molar-refractivity contribution is 14.1. The summed E-state index contributed by atoms with van der Waals surface area (Å²) < 4.78 is 23.2. The van der Waals surface area contributed by atoms with Gasteiger partial charge >= 0.3 is 6.03 Å². The zero-order valence-corrected chi connectivity index (χ0v) is 23.3. The molecule has 2 aliphatic rings. The Kier molecular flexibility index (Phi) is 6.76. The fraction of sp³-hybridized carbons (Fsp3) is 0.100. The number of anilines is 1. The van der Waals surface area contributed by atoms with Gasteiger partial charge in [-0.2, -0.15) is 0 Å². The molecular weight excluding hydrogens is 627 g/mol. The van der Waals surface area contributed by atoms with Gasteiger partial charge in [-0.15, -0.1) is 0 Å². The van der Waals surface area contributed by atoms with Crippen molar-refractivity contribution in [2.45, 2.75) is 6.61 Å². The Balaban J connectivity index is 1.29. The first-order chi connectivity index (χ1) is 19.4. The van der Waals surface area contributed by atoms with E-state index in [1.165, 1.54) is 19.3 Å². The maximum atomic E-state index is 13.4. The molecule has 6 rings (SSSR count). The predicted octanol–water partition coefficient (Wildman–Crippen LogP) is 5.43. The second kappa shape index (κ2) is 10.5. The van der Waals surface area contributed by atoms with Crippen molar-refractivity contribution in [3.8, 4) is 23.0 Å². The first-order valence-corrected chi connectivity index (χ1v) is 13.3. The summed E-state index contributed by atoms with van der Waals surface area (Å²) >= 11 is 2.12. The summed E-state index contributed by atoms with van der Waals surface area (Å²) in [5.41, 5.74) is 1.59. The molecule has 9 nitrogen and oxygen atoms in total. The molecule has 4 amide bonds. The number of benzene rings is 4. The minimum Gasteiger partial charge on any atom is -0.493 e. The van der Waals surface area contributed by atoms with E-state index in [0.29, 0.717) is 35.2 Å². The number of barbiturate groups is 1. The van der Waals surface area contributed by atoms with E-state index >= 15 is 0 Å². The fourth-order valence-corrected chi connectivity index (χ4v) is 5.40. The van der Waals surface area contributed by atoms with Crippen LogP contribution in [-0.4, -0.2) is 31.7 Å². The largest absolute Gasteiger partial charge is 0.493 e. The summed E-state index contributed by atoms with van der Waals surface area (Å²) in [4.78, 5) is 39.6. The predicted molar refractivity (Wildman–Crippen MR) is 156 cm³/mol. The molecule has 40 heavy (non-hydrogen) atoms. The molecule has 0 saturated carbocycles. The monoisotopic (exact) mass is 648 g/mol. The average molecular weight is 648 g/mol. The number of ether oxygens (including phenoxy) is 4. The Labute approximate surface area is 242 Å². The van der Waals surface area contributed by atoms with Crippen molar-refractivity contribution in [3.05, 3.63) is 93.1 Å². The number of urea groups is 1. The number of nitrogens with zero attached hydrogens (tertiary/aromatic N) is 1. The van der Waals surface area contributed by atoms with Crippen LogP contribution in [0.25, 0.3) is 16.8 Å². The van der Waals surface area contributed by atoms with E-state index in [-0.39, 0.29) is 18.1 Å². The van der Waals surface area contributed by atoms with Crippen LogP contribution in [0.15, 0.2) is 78.4 Å². The number of rotatable bonds is 6. The Bertz CT molecular complexity index is 1730. The topological polar surface area (TPSA) is 103 Å². The maximum absolute atomic E-state index is 13.4. The number of amides is 4. The highest BCUT2D eigenvalue weighted by Crippen LogP contribution is 2.38. The Morgan fingerprint density at radius 1 is 0.975 bits per heavy atom. The van der Waals surface area contributed by atoms with Gasteiger partial charge in [-0.3, -0.25) is 14.9 Å². The molecule has 1 fully saturated rings. The van der Waals surface area contributed by atoms with Gasteiger partial charge in [0.25, 0.3) is 11.8 Å². The second-order valence-corrected chi connectivity index (χ2v) is 10.1. The van der Waals surface area contributed by atoms with Crippen LogP contribution in [0, 0.1) is 3.57 Å². The van der Waals surface area contributed by atoms with E-state index in [1.54, 1.807) is 24.3 Å². The highest BCUT2D eigenvalue weighted by atomic mass is 127. The van der Waals surface area contributed by atoms with Gasteiger partial charge in [0.1, 0.15) is 12.2 Å². The van der Waals surface area contributed by atoms with E-state index in [2.05, 4.69) is 46.1 Å². The highest BCUT2D eigenvalue weighted by Gasteiger charge is 2.37. The third kappa shape index (κ3) is 4.70. The van der Waals surface area contributed by atoms with Crippen molar-refractivity contribution in [2.24, 2.45) is 0 Å². The molecule has 10 heteroatoms. The zero-order valence-electron chi connectivity index (χ0n) is 21.1. The van der Waals surface area contributed by atoms with Gasteiger partial charge in [0.2, 0.25) is 6.79 Å². The number of imide groups is 2. The van der Waals surface area contributed by atoms with Crippen molar-refractivity contribution in [2.75, 3.05) is 18.8 Å². The van der Waals surface area contributed by atoms with Gasteiger partial charge in [0.15, 0.2) is 23.0 Å². The van der Waals surface area contributed by atoms with Crippen molar-refractivity contribution >= 4 is 63.0 Å². The first kappa shape index (κ1) is 25.7. The van der Waals surface area contributed by atoms with Crippen molar-refractivity contribution < 1.29 is 33.3 Å². The molecule has 0 aliphatic carbocycles. The van der Waals surface area contributed by atoms with E-state index in [1.807, 2.05) is 24.3 Å². The standard InChI is InChI=1S/C30H21IN2O7/c1-37-26-13-17(12-23(31)27(26)38-15-19-7-4-6-18-5-2-3-8-21(18)19)11-22-28(34)32-30(36)33(29(22)35)20-9-10-24-25(14-20)40-16-39-24/h2-14H,15-16H2,1H3,(H,32,34,36)/b22-11+. The molecule has 0 unspecified atom stereocenters. The number of nitrogens with one attached hydrogen (secondary N) is 1. The molecule has 0 atom stereocenters. The third-order valence-corrected chi connectivity index (χ3v) is 7.33. The molecule has 1 saturated heterocycles. The number of fused-ring (bicyclic) bond motifs is 2. The zero-order chi connectivity index (χ0) is 27.8. The van der Waals surface area contributed by atoms with Gasteiger partial charge in [0.05, 0.1) is 16.4 Å². The van der Waals surface area contributed by atoms with E-state index < -0.39 is 17.8 Å². The molecular formula is C30H21IN2O7. The molecule has 0 aromatic heterocycles. The summed E-state index contributed by atoms with van der Waals surface area (Å²) in [6.45, 7) is 0.367. The van der Waals surface area contributed by atoms with Crippen LogP contribution in [0.3, 0.4) is 0 Å². The van der Waals surface area contributed by atoms with Crippen LogP contribution in [-0.2, 0) is 16.2 Å². The number of carbonyl (C=O) groups is 3. The molecule has 2 aliphatic heterocycles. The summed E-state index contributed by atoms with van der Waals surface area (Å²) in [6, 6.07) is 21.4. The minimum absolute atomic E-state index is 0.0463. The van der Waals surface area contributed by atoms with Crippen LogP contribution in [0.2, 0.25) is 0 Å². The van der Waals surface area contributed by atoms with E-state index in [9.17, 15) is 14.4 Å². The van der Waals surface area contributed by atoms with Gasteiger partial charge in [-0.25, -0.2) is 9.69 Å². The Morgan fingerprint density at radius 2 is 1.77 bits per heavy atom. The molecule has 0 bridgehead atoms. The molecule has 4 aromatic rings. The van der Waals surface area contributed by atoms with Crippen LogP contribution in [0.4, 0.5) is 10.5 Å². The second-order valence-electron chi connectivity index (χ2n) is 8.96. The van der Waals surface area contributed by atoms with Crippen molar-refractivity contribution in [1.29, 1.82) is 0 Å². The van der Waals surface area contributed by atoms with E-state index in [4.69, 9.17) is 18.9 Å². The lowest BCUT2D eigenvalue weighted by atomic mass is 10.1. The van der Waals surface area contributed by atoms with Gasteiger partial charge in [-0.05, 0) is 74.8 Å². The average Bonchev–Trinajstić information content (AvgIpc) is 3.42. The Morgan fingerprint density at radius 3 is 2.62 bits per heavy atom. The minimum atomic E-state index is -0.852. The summed E-state index contributed by atoms with van der Waals surface area (Å²) in [5.74, 6) is 0.319. The van der Waals surface area contributed by atoms with E-state index in [0.717, 1.165) is 24.8 Å². The molecule has 200 valence electrons. The fourth-order valence-electron chi connectivity index (χ4n) is 4.61. The van der Waals surface area contributed by atoms with Crippen LogP contribution >= 0.6 is 22.6 Å².